The van der Waals surface area contributed by atoms with Crippen LogP contribution in [0.4, 0.5) is 0 Å². The largest absolute Gasteiger partial charge is 0.481 e. The van der Waals surface area contributed by atoms with E-state index in [0.717, 1.165) is 12.8 Å². The lowest BCUT2D eigenvalue weighted by Crippen LogP contribution is -1.97. The molecular formula is C11H18O2. The molecule has 1 aliphatic rings. The van der Waals surface area contributed by atoms with Crippen molar-refractivity contribution in [3.8, 4) is 0 Å². The van der Waals surface area contributed by atoms with Gasteiger partial charge >= 0.3 is 5.97 Å². The molecule has 0 heterocycles. The standard InChI is InChI=1S/C11H18O2/c1-2-3-4-5-6-7-9-8-10(9)11(12)13/h6-7,9-10H,2-5,8H2,1H3,(H,12,13)/b7-6-. The van der Waals surface area contributed by atoms with Crippen LogP contribution < -0.4 is 0 Å². The highest BCUT2D eigenvalue weighted by Crippen LogP contribution is 2.39. The molecule has 1 aliphatic carbocycles. The fraction of sp³-hybridized carbons (Fsp3) is 0.727. The Labute approximate surface area is 79.6 Å². The summed E-state index contributed by atoms with van der Waals surface area (Å²) in [5.74, 6) is -0.384. The summed E-state index contributed by atoms with van der Waals surface area (Å²) in [7, 11) is 0. The molecule has 0 aromatic carbocycles. The lowest BCUT2D eigenvalue weighted by molar-refractivity contribution is -0.138. The summed E-state index contributed by atoms with van der Waals surface area (Å²) in [4.78, 5) is 10.5. The predicted octanol–water partition coefficient (Wildman–Crippen LogP) is 2.84. The number of allylic oxidation sites excluding steroid dienone is 2. The van der Waals surface area contributed by atoms with E-state index >= 15 is 0 Å². The van der Waals surface area contributed by atoms with Crippen LogP contribution in [0.25, 0.3) is 0 Å². The van der Waals surface area contributed by atoms with Gasteiger partial charge < -0.3 is 5.11 Å². The number of unbranched alkanes of at least 4 members (excludes halogenated alkanes) is 3. The van der Waals surface area contributed by atoms with Gasteiger partial charge in [0.2, 0.25) is 0 Å². The zero-order chi connectivity index (χ0) is 9.68. The van der Waals surface area contributed by atoms with Gasteiger partial charge in [0.25, 0.3) is 0 Å². The van der Waals surface area contributed by atoms with E-state index in [1.165, 1.54) is 19.3 Å². The fourth-order valence-electron chi connectivity index (χ4n) is 1.49. The molecule has 0 aromatic heterocycles. The average Bonchev–Trinajstić information content (AvgIpc) is 2.83. The van der Waals surface area contributed by atoms with Crippen molar-refractivity contribution in [3.63, 3.8) is 0 Å². The van der Waals surface area contributed by atoms with Crippen molar-refractivity contribution in [3.05, 3.63) is 12.2 Å². The molecule has 0 radical (unpaired) electrons. The maximum Gasteiger partial charge on any atom is 0.307 e. The molecule has 1 N–H and O–H groups in total. The van der Waals surface area contributed by atoms with Gasteiger partial charge in [0.05, 0.1) is 5.92 Å². The summed E-state index contributed by atoms with van der Waals surface area (Å²) in [5.41, 5.74) is 0. The molecule has 2 atom stereocenters. The Morgan fingerprint density at radius 1 is 1.54 bits per heavy atom. The molecule has 0 aliphatic heterocycles. The van der Waals surface area contributed by atoms with E-state index in [4.69, 9.17) is 5.11 Å². The number of hydrogen-bond acceptors (Lipinski definition) is 1. The molecule has 2 heteroatoms. The SMILES string of the molecule is CCCCC/C=C\C1CC1C(=O)O. The highest BCUT2D eigenvalue weighted by molar-refractivity contribution is 5.73. The summed E-state index contributed by atoms with van der Waals surface area (Å²) >= 11 is 0. The highest BCUT2D eigenvalue weighted by Gasteiger charge is 2.40. The number of carboxylic acid groups (broad SMARTS) is 1. The molecule has 2 unspecified atom stereocenters. The molecule has 0 aromatic rings. The summed E-state index contributed by atoms with van der Waals surface area (Å²) < 4.78 is 0. The Hall–Kier alpha value is -0.790. The molecule has 0 spiro atoms. The van der Waals surface area contributed by atoms with Gasteiger partial charge in [-0.2, -0.15) is 0 Å². The molecule has 13 heavy (non-hydrogen) atoms. The van der Waals surface area contributed by atoms with Gasteiger partial charge in [0.1, 0.15) is 0 Å². The predicted molar refractivity (Wildman–Crippen MR) is 52.5 cm³/mol. The first-order valence-electron chi connectivity index (χ1n) is 5.15. The van der Waals surface area contributed by atoms with Crippen molar-refractivity contribution < 1.29 is 9.90 Å². The van der Waals surface area contributed by atoms with Crippen LogP contribution in [0.5, 0.6) is 0 Å². The van der Waals surface area contributed by atoms with Gasteiger partial charge in [0.15, 0.2) is 0 Å². The number of hydrogen-bond donors (Lipinski definition) is 1. The second kappa shape index (κ2) is 5.05. The third-order valence-electron chi connectivity index (χ3n) is 2.51. The van der Waals surface area contributed by atoms with Crippen LogP contribution in [0.1, 0.15) is 39.0 Å². The Kier molecular flexibility index (Phi) is 4.00. The van der Waals surface area contributed by atoms with Crippen LogP contribution in [0, 0.1) is 11.8 Å². The molecule has 2 nitrogen and oxygen atoms in total. The lowest BCUT2D eigenvalue weighted by Gasteiger charge is -1.91. The van der Waals surface area contributed by atoms with E-state index in [0.29, 0.717) is 5.92 Å². The van der Waals surface area contributed by atoms with Crippen molar-refractivity contribution >= 4 is 5.97 Å². The van der Waals surface area contributed by atoms with E-state index in [1.807, 2.05) is 0 Å². The van der Waals surface area contributed by atoms with Crippen molar-refractivity contribution in [1.82, 2.24) is 0 Å². The fourth-order valence-corrected chi connectivity index (χ4v) is 1.49. The Morgan fingerprint density at radius 3 is 2.85 bits per heavy atom. The number of carbonyl (C=O) groups is 1. The summed E-state index contributed by atoms with van der Waals surface area (Å²) in [6, 6.07) is 0. The first-order valence-corrected chi connectivity index (χ1v) is 5.15. The molecule has 1 fully saturated rings. The molecule has 1 saturated carbocycles. The van der Waals surface area contributed by atoms with E-state index in [9.17, 15) is 4.79 Å². The minimum Gasteiger partial charge on any atom is -0.481 e. The van der Waals surface area contributed by atoms with Gasteiger partial charge in [-0.3, -0.25) is 4.79 Å². The van der Waals surface area contributed by atoms with Gasteiger partial charge in [-0.25, -0.2) is 0 Å². The minimum absolute atomic E-state index is 0.0811. The first-order chi connectivity index (χ1) is 6.25. The molecule has 0 bridgehead atoms. The van der Waals surface area contributed by atoms with Gasteiger partial charge in [0, 0.05) is 0 Å². The minimum atomic E-state index is -0.636. The Morgan fingerprint density at radius 2 is 2.31 bits per heavy atom. The first kappa shape index (κ1) is 10.3. The van der Waals surface area contributed by atoms with Crippen LogP contribution in [0.15, 0.2) is 12.2 Å². The van der Waals surface area contributed by atoms with E-state index in [1.54, 1.807) is 0 Å². The summed E-state index contributed by atoms with van der Waals surface area (Å²) in [6.45, 7) is 2.19. The van der Waals surface area contributed by atoms with Crippen molar-refractivity contribution in [2.45, 2.75) is 39.0 Å². The maximum absolute atomic E-state index is 10.5. The smallest absolute Gasteiger partial charge is 0.307 e. The van der Waals surface area contributed by atoms with E-state index in [-0.39, 0.29) is 5.92 Å². The van der Waals surface area contributed by atoms with Gasteiger partial charge in [-0.15, -0.1) is 0 Å². The van der Waals surface area contributed by atoms with Crippen LogP contribution in [0.3, 0.4) is 0 Å². The molecule has 0 saturated heterocycles. The summed E-state index contributed by atoms with van der Waals surface area (Å²) in [6.07, 6.45) is 9.93. The Balaban J connectivity index is 2.03. The lowest BCUT2D eigenvalue weighted by atomic mass is 10.2. The van der Waals surface area contributed by atoms with E-state index in [2.05, 4.69) is 19.1 Å². The average molecular weight is 182 g/mol. The monoisotopic (exact) mass is 182 g/mol. The van der Waals surface area contributed by atoms with Crippen LogP contribution in [0.2, 0.25) is 0 Å². The molecule has 1 rings (SSSR count). The zero-order valence-corrected chi connectivity index (χ0v) is 8.20. The van der Waals surface area contributed by atoms with Crippen LogP contribution in [-0.4, -0.2) is 11.1 Å². The molecular weight excluding hydrogens is 164 g/mol. The summed E-state index contributed by atoms with van der Waals surface area (Å²) in [5, 5.41) is 8.63. The maximum atomic E-state index is 10.5. The molecule has 74 valence electrons. The zero-order valence-electron chi connectivity index (χ0n) is 8.20. The molecule has 0 amide bonds. The second-order valence-corrected chi connectivity index (χ2v) is 3.77. The van der Waals surface area contributed by atoms with Crippen LogP contribution >= 0.6 is 0 Å². The highest BCUT2D eigenvalue weighted by atomic mass is 16.4. The Bertz CT molecular complexity index is 196. The van der Waals surface area contributed by atoms with Crippen LogP contribution in [-0.2, 0) is 4.79 Å². The van der Waals surface area contributed by atoms with E-state index < -0.39 is 5.97 Å². The van der Waals surface area contributed by atoms with Crippen molar-refractivity contribution in [1.29, 1.82) is 0 Å². The van der Waals surface area contributed by atoms with Crippen molar-refractivity contribution in [2.75, 3.05) is 0 Å². The normalized spacial score (nSPS) is 26.5. The second-order valence-electron chi connectivity index (χ2n) is 3.77. The number of rotatable bonds is 6. The third-order valence-corrected chi connectivity index (χ3v) is 2.51. The van der Waals surface area contributed by atoms with Gasteiger partial charge in [-0.05, 0) is 25.2 Å². The number of carboxylic acids is 1. The third kappa shape index (κ3) is 3.62. The van der Waals surface area contributed by atoms with Crippen molar-refractivity contribution in [2.24, 2.45) is 11.8 Å². The quantitative estimate of drug-likeness (QED) is 0.506. The number of aliphatic carboxylic acids is 1. The van der Waals surface area contributed by atoms with Gasteiger partial charge in [-0.1, -0.05) is 31.9 Å². The topological polar surface area (TPSA) is 37.3 Å².